The van der Waals surface area contributed by atoms with Gasteiger partial charge in [0, 0.05) is 13.6 Å². The Morgan fingerprint density at radius 2 is 2.32 bits per heavy atom. The smallest absolute Gasteiger partial charge is 0.239 e. The molecule has 3 nitrogen and oxygen atoms in total. The monoisotopic (exact) mass is 306 g/mol. The van der Waals surface area contributed by atoms with Crippen LogP contribution in [0.3, 0.4) is 0 Å². The van der Waals surface area contributed by atoms with Crippen molar-refractivity contribution in [2.24, 2.45) is 0 Å². The number of nitrogens with one attached hydrogen (secondary N) is 1. The molecule has 1 aliphatic heterocycles. The van der Waals surface area contributed by atoms with Gasteiger partial charge in [0.05, 0.1) is 11.1 Å². The van der Waals surface area contributed by atoms with E-state index in [1.165, 1.54) is 12.1 Å². The lowest BCUT2D eigenvalue weighted by molar-refractivity contribution is -0.132. The van der Waals surface area contributed by atoms with Gasteiger partial charge in [0.15, 0.2) is 0 Å². The van der Waals surface area contributed by atoms with Crippen molar-refractivity contribution >= 4 is 29.9 Å². The molecule has 1 N–H and O–H groups in total. The lowest BCUT2D eigenvalue weighted by Crippen LogP contribution is -2.41. The summed E-state index contributed by atoms with van der Waals surface area (Å²) in [6.45, 7) is 1.28. The number of carbonyl (C=O) groups excluding carboxylic acids is 1. The summed E-state index contributed by atoms with van der Waals surface area (Å²) in [4.78, 5) is 13.7. The summed E-state index contributed by atoms with van der Waals surface area (Å²) in [5.41, 5.74) is 0.741. The molecule has 0 spiro atoms. The Morgan fingerprint density at radius 3 is 2.89 bits per heavy atom. The van der Waals surface area contributed by atoms with Crippen molar-refractivity contribution in [1.29, 1.82) is 0 Å². The van der Waals surface area contributed by atoms with E-state index in [0.29, 0.717) is 6.54 Å². The predicted molar refractivity (Wildman–Crippen MR) is 76.2 cm³/mol. The molecule has 6 heteroatoms. The van der Waals surface area contributed by atoms with E-state index in [9.17, 15) is 9.18 Å². The first kappa shape index (κ1) is 16.2. The number of halogens is 3. The van der Waals surface area contributed by atoms with Crippen molar-refractivity contribution in [3.8, 4) is 0 Å². The van der Waals surface area contributed by atoms with E-state index in [1.807, 2.05) is 0 Å². The van der Waals surface area contributed by atoms with E-state index in [2.05, 4.69) is 5.32 Å². The van der Waals surface area contributed by atoms with Crippen molar-refractivity contribution < 1.29 is 9.18 Å². The Kier molecular flexibility index (Phi) is 6.04. The number of nitrogens with zero attached hydrogens (tertiary/aromatic N) is 1. The molecule has 0 saturated carbocycles. The van der Waals surface area contributed by atoms with Gasteiger partial charge in [0.25, 0.3) is 0 Å². The standard InChI is InChI=1S/C13H16ClFN2O.ClH/c1-17(13(18)12-3-2-6-16-12)8-9-4-5-10(14)11(15)7-9;/h4-5,7,12,16H,2-3,6,8H2,1H3;1H. The number of benzene rings is 1. The van der Waals surface area contributed by atoms with E-state index in [1.54, 1.807) is 18.0 Å². The molecule has 1 aromatic rings. The second-order valence-corrected chi connectivity index (χ2v) is 5.00. The fourth-order valence-electron chi connectivity index (χ4n) is 2.15. The van der Waals surface area contributed by atoms with Crippen LogP contribution in [0.5, 0.6) is 0 Å². The Hall–Kier alpha value is -0.840. The summed E-state index contributed by atoms with van der Waals surface area (Å²) in [5, 5.41) is 3.26. The van der Waals surface area contributed by atoms with Crippen LogP contribution < -0.4 is 5.32 Å². The third-order valence-corrected chi connectivity index (χ3v) is 3.44. The van der Waals surface area contributed by atoms with Gasteiger partial charge in [0.1, 0.15) is 5.82 Å². The van der Waals surface area contributed by atoms with E-state index in [4.69, 9.17) is 11.6 Å². The second-order valence-electron chi connectivity index (χ2n) is 4.59. The molecular formula is C13H17Cl2FN2O. The Bertz CT molecular complexity index is 450. The summed E-state index contributed by atoms with van der Waals surface area (Å²) >= 11 is 5.62. The summed E-state index contributed by atoms with van der Waals surface area (Å²) in [5.74, 6) is -0.392. The Labute approximate surface area is 123 Å². The van der Waals surface area contributed by atoms with Gasteiger partial charge in [0.2, 0.25) is 5.91 Å². The van der Waals surface area contributed by atoms with Crippen molar-refractivity contribution in [2.45, 2.75) is 25.4 Å². The molecule has 0 aliphatic carbocycles. The summed E-state index contributed by atoms with van der Waals surface area (Å²) in [6.07, 6.45) is 1.90. The number of hydrogen-bond donors (Lipinski definition) is 1. The molecule has 1 unspecified atom stereocenters. The van der Waals surface area contributed by atoms with Crippen LogP contribution in [0.15, 0.2) is 18.2 Å². The topological polar surface area (TPSA) is 32.3 Å². The molecule has 1 aliphatic rings. The minimum absolute atomic E-state index is 0. The third-order valence-electron chi connectivity index (χ3n) is 3.14. The SMILES string of the molecule is CN(Cc1ccc(Cl)c(F)c1)C(=O)C1CCCN1.Cl. The van der Waals surface area contributed by atoms with Crippen molar-refractivity contribution in [1.82, 2.24) is 10.2 Å². The van der Waals surface area contributed by atoms with E-state index >= 15 is 0 Å². The van der Waals surface area contributed by atoms with Gasteiger partial charge < -0.3 is 10.2 Å². The van der Waals surface area contributed by atoms with Crippen LogP contribution in [0.25, 0.3) is 0 Å². The van der Waals surface area contributed by atoms with Crippen LogP contribution in [0.1, 0.15) is 18.4 Å². The Balaban J connectivity index is 0.00000180. The van der Waals surface area contributed by atoms with Crippen molar-refractivity contribution in [3.63, 3.8) is 0 Å². The average Bonchev–Trinajstić information content (AvgIpc) is 2.86. The van der Waals surface area contributed by atoms with Crippen LogP contribution in [0.2, 0.25) is 5.02 Å². The number of hydrogen-bond acceptors (Lipinski definition) is 2. The van der Waals surface area contributed by atoms with Gasteiger partial charge >= 0.3 is 0 Å². The fourth-order valence-corrected chi connectivity index (χ4v) is 2.27. The Morgan fingerprint density at radius 1 is 1.58 bits per heavy atom. The molecule has 1 atom stereocenters. The number of likely N-dealkylation sites (N-methyl/N-ethyl adjacent to an activating group) is 1. The lowest BCUT2D eigenvalue weighted by atomic mass is 10.1. The minimum Gasteiger partial charge on any atom is -0.340 e. The first-order chi connectivity index (χ1) is 8.58. The number of amides is 1. The molecule has 0 aromatic heterocycles. The molecule has 2 rings (SSSR count). The molecule has 1 aromatic carbocycles. The molecule has 1 saturated heterocycles. The normalized spacial score (nSPS) is 17.9. The maximum atomic E-state index is 13.3. The molecule has 19 heavy (non-hydrogen) atoms. The van der Waals surface area contributed by atoms with Gasteiger partial charge in [-0.05, 0) is 37.1 Å². The zero-order chi connectivity index (χ0) is 13.1. The summed E-state index contributed by atoms with van der Waals surface area (Å²) < 4.78 is 13.3. The van der Waals surface area contributed by atoms with Gasteiger partial charge in [-0.2, -0.15) is 0 Å². The van der Waals surface area contributed by atoms with E-state index < -0.39 is 5.82 Å². The van der Waals surface area contributed by atoms with E-state index in [-0.39, 0.29) is 29.4 Å². The maximum absolute atomic E-state index is 13.3. The van der Waals surface area contributed by atoms with Gasteiger partial charge in [-0.25, -0.2) is 4.39 Å². The zero-order valence-corrected chi connectivity index (χ0v) is 12.2. The van der Waals surface area contributed by atoms with Crippen LogP contribution in [0, 0.1) is 5.82 Å². The molecule has 0 radical (unpaired) electrons. The van der Waals surface area contributed by atoms with Crippen LogP contribution >= 0.6 is 24.0 Å². The van der Waals surface area contributed by atoms with Crippen molar-refractivity contribution in [3.05, 3.63) is 34.6 Å². The maximum Gasteiger partial charge on any atom is 0.239 e. The largest absolute Gasteiger partial charge is 0.340 e. The molecule has 1 amide bonds. The summed E-state index contributed by atoms with van der Waals surface area (Å²) in [7, 11) is 1.73. The van der Waals surface area contributed by atoms with E-state index in [0.717, 1.165) is 24.9 Å². The lowest BCUT2D eigenvalue weighted by Gasteiger charge is -2.21. The first-order valence-corrected chi connectivity index (χ1v) is 6.38. The highest BCUT2D eigenvalue weighted by Crippen LogP contribution is 2.17. The highest BCUT2D eigenvalue weighted by atomic mass is 35.5. The highest BCUT2D eigenvalue weighted by molar-refractivity contribution is 6.30. The van der Waals surface area contributed by atoms with Crippen LogP contribution in [-0.4, -0.2) is 30.4 Å². The quantitative estimate of drug-likeness (QED) is 0.931. The fraction of sp³-hybridized carbons (Fsp3) is 0.462. The minimum atomic E-state index is -0.450. The van der Waals surface area contributed by atoms with Crippen LogP contribution in [-0.2, 0) is 11.3 Å². The van der Waals surface area contributed by atoms with Gasteiger partial charge in [-0.15, -0.1) is 12.4 Å². The van der Waals surface area contributed by atoms with Crippen molar-refractivity contribution in [2.75, 3.05) is 13.6 Å². The molecule has 106 valence electrons. The zero-order valence-electron chi connectivity index (χ0n) is 10.7. The highest BCUT2D eigenvalue weighted by Gasteiger charge is 2.24. The molecular weight excluding hydrogens is 290 g/mol. The predicted octanol–water partition coefficient (Wildman–Crippen LogP) is 2.61. The van der Waals surface area contributed by atoms with Crippen LogP contribution in [0.4, 0.5) is 4.39 Å². The van der Waals surface area contributed by atoms with Gasteiger partial charge in [-0.3, -0.25) is 4.79 Å². The number of rotatable bonds is 3. The van der Waals surface area contributed by atoms with Gasteiger partial charge in [-0.1, -0.05) is 17.7 Å². The molecule has 0 bridgehead atoms. The first-order valence-electron chi connectivity index (χ1n) is 6.00. The molecule has 1 fully saturated rings. The number of carbonyl (C=O) groups is 1. The average molecular weight is 307 g/mol. The summed E-state index contributed by atoms with van der Waals surface area (Å²) in [6, 6.07) is 4.52. The molecule has 1 heterocycles. The second kappa shape index (κ2) is 7.08. The third kappa shape index (κ3) is 4.06.